The summed E-state index contributed by atoms with van der Waals surface area (Å²) in [6.45, 7) is 10.8. The van der Waals surface area contributed by atoms with Crippen molar-refractivity contribution in [2.45, 2.75) is 71.4 Å². The maximum absolute atomic E-state index is 3.85. The predicted molar refractivity (Wildman–Crippen MR) is 96.2 cm³/mol. The van der Waals surface area contributed by atoms with Gasteiger partial charge in [0.15, 0.2) is 0 Å². The minimum absolute atomic E-state index is 0.698. The Bertz CT molecular complexity index is 276. The maximum atomic E-state index is 3.85. The average molecular weight is 313 g/mol. The summed E-state index contributed by atoms with van der Waals surface area (Å²) in [6, 6.07) is 1.51. The molecule has 1 aliphatic heterocycles. The van der Waals surface area contributed by atoms with E-state index >= 15 is 0 Å². The molecule has 2 aliphatic rings. The summed E-state index contributed by atoms with van der Waals surface area (Å²) < 4.78 is 0. The highest BCUT2D eigenvalue weighted by molar-refractivity contribution is 7.99. The molecule has 1 heterocycles. The van der Waals surface area contributed by atoms with Crippen molar-refractivity contribution in [3.8, 4) is 0 Å². The number of nitrogens with one attached hydrogen (secondary N) is 1. The molecule has 2 unspecified atom stereocenters. The zero-order chi connectivity index (χ0) is 15.1. The quantitative estimate of drug-likeness (QED) is 0.715. The Morgan fingerprint density at radius 3 is 2.62 bits per heavy atom. The summed E-state index contributed by atoms with van der Waals surface area (Å²) in [6.07, 6.45) is 8.71. The van der Waals surface area contributed by atoms with E-state index < -0.39 is 0 Å². The first-order valence-electron chi connectivity index (χ1n) is 9.27. The molecule has 0 aromatic heterocycles. The molecule has 2 atom stereocenters. The van der Waals surface area contributed by atoms with E-state index in [0.717, 1.165) is 17.9 Å². The molecule has 0 aromatic rings. The van der Waals surface area contributed by atoms with Gasteiger partial charge in [-0.2, -0.15) is 11.8 Å². The van der Waals surface area contributed by atoms with E-state index in [2.05, 4.69) is 42.7 Å². The molecule has 0 aromatic carbocycles. The van der Waals surface area contributed by atoms with Crippen LogP contribution in [-0.2, 0) is 0 Å². The zero-order valence-electron chi connectivity index (χ0n) is 14.4. The van der Waals surface area contributed by atoms with E-state index in [0.29, 0.717) is 6.04 Å². The highest BCUT2D eigenvalue weighted by atomic mass is 32.2. The Balaban J connectivity index is 1.89. The Kier molecular flexibility index (Phi) is 7.90. The van der Waals surface area contributed by atoms with E-state index in [9.17, 15) is 0 Å². The standard InChI is InChI=1S/C18H36N2S/c1-4-21-12-8-11-20-14-17(15(2)3)19-13-18(20)16-9-6-5-7-10-16/h15-19H,4-14H2,1-3H3. The predicted octanol–water partition coefficient (Wildman–Crippen LogP) is 4.01. The van der Waals surface area contributed by atoms with Crippen molar-refractivity contribution in [3.05, 3.63) is 0 Å². The van der Waals surface area contributed by atoms with Crippen LogP contribution < -0.4 is 5.32 Å². The Morgan fingerprint density at radius 1 is 1.19 bits per heavy atom. The van der Waals surface area contributed by atoms with Gasteiger partial charge >= 0.3 is 0 Å². The fourth-order valence-electron chi connectivity index (χ4n) is 4.06. The third-order valence-corrected chi connectivity index (χ3v) is 6.41. The molecule has 1 saturated heterocycles. The summed E-state index contributed by atoms with van der Waals surface area (Å²) in [5.74, 6) is 4.31. The SMILES string of the molecule is CCSCCCN1CC(C(C)C)NCC1C1CCCCC1. The third-order valence-electron chi connectivity index (χ3n) is 5.43. The van der Waals surface area contributed by atoms with Crippen LogP contribution >= 0.6 is 11.8 Å². The van der Waals surface area contributed by atoms with Crippen LogP contribution in [0.4, 0.5) is 0 Å². The van der Waals surface area contributed by atoms with Crippen LogP contribution in [0.15, 0.2) is 0 Å². The number of hydrogen-bond donors (Lipinski definition) is 1. The third kappa shape index (κ3) is 5.44. The average Bonchev–Trinajstić information content (AvgIpc) is 2.52. The number of nitrogens with zero attached hydrogens (tertiary/aromatic N) is 1. The number of thioether (sulfide) groups is 1. The van der Waals surface area contributed by atoms with Gasteiger partial charge in [0.1, 0.15) is 0 Å². The molecule has 1 saturated carbocycles. The van der Waals surface area contributed by atoms with Crippen molar-refractivity contribution >= 4 is 11.8 Å². The molecule has 2 rings (SSSR count). The maximum Gasteiger partial charge on any atom is 0.0249 e. The van der Waals surface area contributed by atoms with Gasteiger partial charge in [-0.3, -0.25) is 4.90 Å². The first-order valence-corrected chi connectivity index (χ1v) is 10.4. The second-order valence-electron chi connectivity index (χ2n) is 7.27. The highest BCUT2D eigenvalue weighted by Crippen LogP contribution is 2.31. The summed E-state index contributed by atoms with van der Waals surface area (Å²) in [5, 5.41) is 3.85. The lowest BCUT2D eigenvalue weighted by Crippen LogP contribution is -2.60. The summed E-state index contributed by atoms with van der Waals surface area (Å²) in [7, 11) is 0. The fourth-order valence-corrected chi connectivity index (χ4v) is 4.68. The molecule has 1 N–H and O–H groups in total. The molecule has 124 valence electrons. The normalized spacial score (nSPS) is 29.1. The molecule has 0 amide bonds. The van der Waals surface area contributed by atoms with Crippen molar-refractivity contribution in [2.75, 3.05) is 31.1 Å². The Labute approximate surface area is 136 Å². The lowest BCUT2D eigenvalue weighted by Gasteiger charge is -2.46. The molecule has 2 fully saturated rings. The van der Waals surface area contributed by atoms with Crippen LogP contribution in [0.3, 0.4) is 0 Å². The van der Waals surface area contributed by atoms with Crippen LogP contribution in [0, 0.1) is 11.8 Å². The van der Waals surface area contributed by atoms with Gasteiger partial charge in [-0.25, -0.2) is 0 Å². The van der Waals surface area contributed by atoms with Gasteiger partial charge in [0.05, 0.1) is 0 Å². The van der Waals surface area contributed by atoms with E-state index in [4.69, 9.17) is 0 Å². The number of hydrogen-bond acceptors (Lipinski definition) is 3. The van der Waals surface area contributed by atoms with Gasteiger partial charge in [0.2, 0.25) is 0 Å². The molecule has 1 aliphatic carbocycles. The van der Waals surface area contributed by atoms with Crippen molar-refractivity contribution in [2.24, 2.45) is 11.8 Å². The van der Waals surface area contributed by atoms with E-state index in [-0.39, 0.29) is 0 Å². The molecule has 2 nitrogen and oxygen atoms in total. The van der Waals surface area contributed by atoms with Crippen molar-refractivity contribution in [1.82, 2.24) is 10.2 Å². The largest absolute Gasteiger partial charge is 0.311 e. The van der Waals surface area contributed by atoms with Gasteiger partial charge in [-0.1, -0.05) is 40.0 Å². The van der Waals surface area contributed by atoms with Crippen molar-refractivity contribution in [3.63, 3.8) is 0 Å². The van der Waals surface area contributed by atoms with Gasteiger partial charge in [0.25, 0.3) is 0 Å². The molecule has 21 heavy (non-hydrogen) atoms. The number of piperazine rings is 1. The Hall–Kier alpha value is 0.270. The summed E-state index contributed by atoms with van der Waals surface area (Å²) in [4.78, 5) is 2.85. The first kappa shape index (κ1) is 17.6. The smallest absolute Gasteiger partial charge is 0.0249 e. The first-order chi connectivity index (χ1) is 10.2. The van der Waals surface area contributed by atoms with Crippen LogP contribution in [0.25, 0.3) is 0 Å². The minimum Gasteiger partial charge on any atom is -0.311 e. The topological polar surface area (TPSA) is 15.3 Å². The monoisotopic (exact) mass is 312 g/mol. The Morgan fingerprint density at radius 2 is 1.95 bits per heavy atom. The lowest BCUT2D eigenvalue weighted by atomic mass is 9.81. The highest BCUT2D eigenvalue weighted by Gasteiger charge is 2.34. The molecule has 3 heteroatoms. The van der Waals surface area contributed by atoms with E-state index in [1.807, 2.05) is 0 Å². The summed E-state index contributed by atoms with van der Waals surface area (Å²) >= 11 is 2.10. The van der Waals surface area contributed by atoms with Crippen LogP contribution in [0.5, 0.6) is 0 Å². The van der Waals surface area contributed by atoms with E-state index in [1.165, 1.54) is 69.7 Å². The zero-order valence-corrected chi connectivity index (χ0v) is 15.3. The van der Waals surface area contributed by atoms with Crippen molar-refractivity contribution < 1.29 is 0 Å². The van der Waals surface area contributed by atoms with Crippen LogP contribution in [0.2, 0.25) is 0 Å². The second kappa shape index (κ2) is 9.42. The fraction of sp³-hybridized carbons (Fsp3) is 1.00. The van der Waals surface area contributed by atoms with Gasteiger partial charge in [-0.05, 0) is 49.1 Å². The molecule has 0 radical (unpaired) electrons. The molecule has 0 spiro atoms. The molecular weight excluding hydrogens is 276 g/mol. The van der Waals surface area contributed by atoms with Crippen molar-refractivity contribution in [1.29, 1.82) is 0 Å². The van der Waals surface area contributed by atoms with Gasteiger partial charge in [-0.15, -0.1) is 0 Å². The number of rotatable bonds is 7. The van der Waals surface area contributed by atoms with E-state index in [1.54, 1.807) is 0 Å². The van der Waals surface area contributed by atoms with Gasteiger partial charge in [0, 0.05) is 25.2 Å². The second-order valence-corrected chi connectivity index (χ2v) is 8.66. The van der Waals surface area contributed by atoms with Crippen LogP contribution in [-0.4, -0.2) is 48.1 Å². The van der Waals surface area contributed by atoms with Crippen LogP contribution in [0.1, 0.15) is 59.3 Å². The summed E-state index contributed by atoms with van der Waals surface area (Å²) in [5.41, 5.74) is 0. The molecular formula is C18H36N2S. The minimum atomic E-state index is 0.698. The van der Waals surface area contributed by atoms with Gasteiger partial charge < -0.3 is 5.32 Å². The molecule has 0 bridgehead atoms. The lowest BCUT2D eigenvalue weighted by molar-refractivity contribution is 0.0619.